The predicted octanol–water partition coefficient (Wildman–Crippen LogP) is 4.20. The third kappa shape index (κ3) is 2.24. The lowest BCUT2D eigenvalue weighted by Gasteiger charge is -2.21. The van der Waals surface area contributed by atoms with Crippen molar-refractivity contribution in [2.45, 2.75) is 25.2 Å². The largest absolute Gasteiger partial charge is 0.494 e. The molecule has 0 bridgehead atoms. The number of carbonyl (C=O) groups is 1. The summed E-state index contributed by atoms with van der Waals surface area (Å²) in [4.78, 5) is 13.9. The van der Waals surface area contributed by atoms with Crippen molar-refractivity contribution in [3.05, 3.63) is 51.5 Å². The number of halogens is 1. The Hall–Kier alpha value is -1.68. The molecule has 4 heteroatoms. The summed E-state index contributed by atoms with van der Waals surface area (Å²) in [6.45, 7) is 0. The SMILES string of the molecule is COc1ccc(C(=O)C2CCCc3sccc32)cc1F. The summed E-state index contributed by atoms with van der Waals surface area (Å²) in [7, 11) is 1.42. The van der Waals surface area contributed by atoms with E-state index in [2.05, 4.69) is 0 Å². The first-order chi connectivity index (χ1) is 9.70. The molecule has 1 aliphatic rings. The molecule has 1 unspecified atom stereocenters. The highest BCUT2D eigenvalue weighted by Gasteiger charge is 2.28. The smallest absolute Gasteiger partial charge is 0.170 e. The Balaban J connectivity index is 1.93. The number of benzene rings is 1. The number of fused-ring (bicyclic) bond motifs is 1. The van der Waals surface area contributed by atoms with Gasteiger partial charge >= 0.3 is 0 Å². The van der Waals surface area contributed by atoms with Gasteiger partial charge in [0, 0.05) is 16.4 Å². The standard InChI is InChI=1S/C16H15FO2S/c1-19-14-6-5-10(9-13(14)17)16(18)12-3-2-4-15-11(12)7-8-20-15/h5-9,12H,2-4H2,1H3. The summed E-state index contributed by atoms with van der Waals surface area (Å²) in [5.41, 5.74) is 1.55. The second-order valence-corrected chi connectivity index (χ2v) is 5.96. The van der Waals surface area contributed by atoms with Crippen molar-refractivity contribution in [2.75, 3.05) is 7.11 Å². The number of hydrogen-bond acceptors (Lipinski definition) is 3. The zero-order valence-corrected chi connectivity index (χ0v) is 12.0. The van der Waals surface area contributed by atoms with Crippen molar-refractivity contribution in [1.82, 2.24) is 0 Å². The number of methoxy groups -OCH3 is 1. The van der Waals surface area contributed by atoms with Gasteiger partial charge in [0.2, 0.25) is 0 Å². The Morgan fingerprint density at radius 3 is 3.00 bits per heavy atom. The summed E-state index contributed by atoms with van der Waals surface area (Å²) in [6.07, 6.45) is 2.91. The maximum atomic E-state index is 13.7. The Labute approximate surface area is 121 Å². The van der Waals surface area contributed by atoms with Crippen LogP contribution >= 0.6 is 11.3 Å². The van der Waals surface area contributed by atoms with Crippen LogP contribution in [0.1, 0.15) is 39.6 Å². The molecule has 1 aliphatic carbocycles. The van der Waals surface area contributed by atoms with E-state index >= 15 is 0 Å². The maximum Gasteiger partial charge on any atom is 0.170 e. The molecule has 1 aromatic carbocycles. The van der Waals surface area contributed by atoms with E-state index in [1.54, 1.807) is 17.4 Å². The monoisotopic (exact) mass is 290 g/mol. The van der Waals surface area contributed by atoms with E-state index in [0.717, 1.165) is 24.8 Å². The molecule has 0 saturated heterocycles. The number of hydrogen-bond donors (Lipinski definition) is 0. The number of Topliss-reactive ketones (excluding diaryl/α,β-unsaturated/α-hetero) is 1. The molecule has 0 aliphatic heterocycles. The fourth-order valence-electron chi connectivity index (χ4n) is 2.78. The first-order valence-corrected chi connectivity index (χ1v) is 7.52. The van der Waals surface area contributed by atoms with Gasteiger partial charge in [-0.2, -0.15) is 0 Å². The molecule has 1 heterocycles. The minimum atomic E-state index is -0.486. The van der Waals surface area contributed by atoms with Gasteiger partial charge in [-0.1, -0.05) is 0 Å². The molecular weight excluding hydrogens is 275 g/mol. The summed E-state index contributed by atoms with van der Waals surface area (Å²) < 4.78 is 18.6. The van der Waals surface area contributed by atoms with Crippen LogP contribution in [-0.4, -0.2) is 12.9 Å². The average molecular weight is 290 g/mol. The van der Waals surface area contributed by atoms with Gasteiger partial charge in [-0.3, -0.25) is 4.79 Å². The van der Waals surface area contributed by atoms with E-state index in [4.69, 9.17) is 4.74 Å². The highest BCUT2D eigenvalue weighted by Crippen LogP contribution is 2.37. The van der Waals surface area contributed by atoms with E-state index in [9.17, 15) is 9.18 Å². The highest BCUT2D eigenvalue weighted by atomic mass is 32.1. The second-order valence-electron chi connectivity index (χ2n) is 4.96. The van der Waals surface area contributed by atoms with Crippen LogP contribution in [0, 0.1) is 5.82 Å². The van der Waals surface area contributed by atoms with Gasteiger partial charge in [-0.25, -0.2) is 4.39 Å². The zero-order valence-electron chi connectivity index (χ0n) is 11.2. The first-order valence-electron chi connectivity index (χ1n) is 6.64. The number of thiophene rings is 1. The van der Waals surface area contributed by atoms with Gasteiger partial charge in [-0.05, 0) is 54.5 Å². The van der Waals surface area contributed by atoms with Gasteiger partial charge < -0.3 is 4.74 Å². The van der Waals surface area contributed by atoms with E-state index in [1.165, 1.54) is 24.1 Å². The molecule has 0 N–H and O–H groups in total. The average Bonchev–Trinajstić information content (AvgIpc) is 2.94. The number of ketones is 1. The molecule has 0 fully saturated rings. The molecular formula is C16H15FO2S. The zero-order chi connectivity index (χ0) is 14.1. The molecule has 104 valence electrons. The van der Waals surface area contributed by atoms with Crippen molar-refractivity contribution in [2.24, 2.45) is 0 Å². The van der Waals surface area contributed by atoms with Crippen LogP contribution in [-0.2, 0) is 6.42 Å². The molecule has 0 amide bonds. The van der Waals surface area contributed by atoms with Crippen molar-refractivity contribution >= 4 is 17.1 Å². The van der Waals surface area contributed by atoms with Gasteiger partial charge in [0.15, 0.2) is 17.3 Å². The number of ether oxygens (including phenoxy) is 1. The van der Waals surface area contributed by atoms with Crippen molar-refractivity contribution < 1.29 is 13.9 Å². The summed E-state index contributed by atoms with van der Waals surface area (Å²) >= 11 is 1.70. The van der Waals surface area contributed by atoms with Crippen LogP contribution in [0.15, 0.2) is 29.6 Å². The van der Waals surface area contributed by atoms with Crippen LogP contribution in [0.25, 0.3) is 0 Å². The van der Waals surface area contributed by atoms with Gasteiger partial charge in [0.1, 0.15) is 0 Å². The molecule has 1 atom stereocenters. The maximum absolute atomic E-state index is 13.7. The third-order valence-corrected chi connectivity index (χ3v) is 4.80. The van der Waals surface area contributed by atoms with Gasteiger partial charge in [-0.15, -0.1) is 11.3 Å². The fraction of sp³-hybridized carbons (Fsp3) is 0.312. The van der Waals surface area contributed by atoms with E-state index in [0.29, 0.717) is 5.56 Å². The number of carbonyl (C=O) groups excluding carboxylic acids is 1. The lowest BCUT2D eigenvalue weighted by molar-refractivity contribution is 0.0951. The van der Waals surface area contributed by atoms with E-state index in [1.807, 2.05) is 11.4 Å². The topological polar surface area (TPSA) is 26.3 Å². The molecule has 2 aromatic rings. The molecule has 0 radical (unpaired) electrons. The van der Waals surface area contributed by atoms with Crippen molar-refractivity contribution in [1.29, 1.82) is 0 Å². The third-order valence-electron chi connectivity index (χ3n) is 3.80. The molecule has 2 nitrogen and oxygen atoms in total. The summed E-state index contributed by atoms with van der Waals surface area (Å²) in [5.74, 6) is -0.440. The predicted molar refractivity (Wildman–Crippen MR) is 77.3 cm³/mol. The first kappa shape index (κ1) is 13.3. The normalized spacial score (nSPS) is 17.6. The minimum absolute atomic E-state index is 0.00547. The molecule has 3 rings (SSSR count). The molecule has 0 spiro atoms. The quantitative estimate of drug-likeness (QED) is 0.792. The van der Waals surface area contributed by atoms with Crippen LogP contribution in [0.2, 0.25) is 0 Å². The Morgan fingerprint density at radius 2 is 2.25 bits per heavy atom. The Kier molecular flexibility index (Phi) is 3.57. The van der Waals surface area contributed by atoms with Crippen molar-refractivity contribution in [3.63, 3.8) is 0 Å². The molecule has 0 saturated carbocycles. The van der Waals surface area contributed by atoms with Crippen LogP contribution in [0.5, 0.6) is 5.75 Å². The number of rotatable bonds is 3. The summed E-state index contributed by atoms with van der Waals surface area (Å²) in [6, 6.07) is 6.47. The molecule has 1 aromatic heterocycles. The van der Waals surface area contributed by atoms with Crippen LogP contribution in [0.3, 0.4) is 0 Å². The minimum Gasteiger partial charge on any atom is -0.494 e. The summed E-state index contributed by atoms with van der Waals surface area (Å²) in [5, 5.41) is 2.03. The lowest BCUT2D eigenvalue weighted by Crippen LogP contribution is -2.17. The Bertz CT molecular complexity index is 648. The van der Waals surface area contributed by atoms with E-state index in [-0.39, 0.29) is 17.5 Å². The fourth-order valence-corrected chi connectivity index (χ4v) is 3.77. The van der Waals surface area contributed by atoms with Gasteiger partial charge in [0.25, 0.3) is 0 Å². The van der Waals surface area contributed by atoms with Gasteiger partial charge in [0.05, 0.1) is 7.11 Å². The lowest BCUT2D eigenvalue weighted by atomic mass is 9.82. The second kappa shape index (κ2) is 5.37. The highest BCUT2D eigenvalue weighted by molar-refractivity contribution is 7.10. The van der Waals surface area contributed by atoms with Crippen molar-refractivity contribution in [3.8, 4) is 5.75 Å². The Morgan fingerprint density at radius 1 is 1.40 bits per heavy atom. The number of aryl methyl sites for hydroxylation is 1. The van der Waals surface area contributed by atoms with Crippen LogP contribution in [0.4, 0.5) is 4.39 Å². The molecule has 20 heavy (non-hydrogen) atoms. The van der Waals surface area contributed by atoms with E-state index < -0.39 is 5.82 Å². The van der Waals surface area contributed by atoms with Crippen LogP contribution < -0.4 is 4.74 Å².